The molecule has 0 atom stereocenters. The Kier molecular flexibility index (Phi) is 5.15. The first-order valence-corrected chi connectivity index (χ1v) is 10.5. The number of nitrogens with zero attached hydrogens (tertiary/aromatic N) is 5. The second-order valence-electron chi connectivity index (χ2n) is 8.16. The summed E-state index contributed by atoms with van der Waals surface area (Å²) in [5.41, 5.74) is 12.1. The number of hydrogen-bond donors (Lipinski definition) is 3. The molecule has 4 aromatic rings. The highest BCUT2D eigenvalue weighted by Crippen LogP contribution is 2.20. The van der Waals surface area contributed by atoms with E-state index in [9.17, 15) is 0 Å². The highest BCUT2D eigenvalue weighted by atomic mass is 15.3. The van der Waals surface area contributed by atoms with Gasteiger partial charge in [0.05, 0.1) is 12.7 Å². The van der Waals surface area contributed by atoms with Crippen LogP contribution in [0.4, 0.5) is 5.82 Å². The number of nitrogens with two attached hydrogens (primary N) is 1. The molecule has 0 spiro atoms. The van der Waals surface area contributed by atoms with Gasteiger partial charge in [-0.3, -0.25) is 4.68 Å². The number of nitrogens with one attached hydrogen (secondary N) is 2. The molecule has 4 N–H and O–H groups in total. The first kappa shape index (κ1) is 18.7. The fraction of sp³-hybridized carbons (Fsp3) is 0.364. The van der Waals surface area contributed by atoms with Crippen LogP contribution in [0.5, 0.6) is 0 Å². The average molecular weight is 403 g/mol. The molecule has 1 aliphatic heterocycles. The molecule has 0 aliphatic carbocycles. The topological polar surface area (TPSA) is 110 Å². The van der Waals surface area contributed by atoms with Gasteiger partial charge in [-0.05, 0) is 66.6 Å². The van der Waals surface area contributed by atoms with Gasteiger partial charge in [0.2, 0.25) is 0 Å². The van der Waals surface area contributed by atoms with Gasteiger partial charge in [-0.1, -0.05) is 29.5 Å². The lowest BCUT2D eigenvalue weighted by Crippen LogP contribution is -2.28. The number of rotatable bonds is 6. The van der Waals surface area contributed by atoms with E-state index in [1.165, 1.54) is 24.0 Å². The zero-order chi connectivity index (χ0) is 20.3. The van der Waals surface area contributed by atoms with Gasteiger partial charge in [0.1, 0.15) is 11.3 Å². The second kappa shape index (κ2) is 8.23. The summed E-state index contributed by atoms with van der Waals surface area (Å²) in [6, 6.07) is 10.8. The largest absolute Gasteiger partial charge is 0.384 e. The number of aromatic amines is 1. The average Bonchev–Trinajstić information content (AvgIpc) is 3.38. The Bertz CT molecular complexity index is 1140. The molecule has 1 fully saturated rings. The number of fused-ring (bicyclic) bond motifs is 1. The molecule has 0 bridgehead atoms. The Morgan fingerprint density at radius 3 is 2.87 bits per heavy atom. The molecule has 0 unspecified atom stereocenters. The highest BCUT2D eigenvalue weighted by Gasteiger charge is 2.14. The second-order valence-corrected chi connectivity index (χ2v) is 8.16. The van der Waals surface area contributed by atoms with Gasteiger partial charge in [-0.15, -0.1) is 5.10 Å². The highest BCUT2D eigenvalue weighted by molar-refractivity contribution is 5.76. The summed E-state index contributed by atoms with van der Waals surface area (Å²) in [5, 5.41) is 18.8. The van der Waals surface area contributed by atoms with Crippen LogP contribution in [0.3, 0.4) is 0 Å². The van der Waals surface area contributed by atoms with E-state index in [0.29, 0.717) is 17.9 Å². The number of H-pyrrole nitrogens is 1. The van der Waals surface area contributed by atoms with Gasteiger partial charge in [-0.2, -0.15) is 5.10 Å². The summed E-state index contributed by atoms with van der Waals surface area (Å²) >= 11 is 0. The van der Waals surface area contributed by atoms with E-state index in [-0.39, 0.29) is 0 Å². The molecule has 1 aliphatic rings. The molecule has 5 rings (SSSR count). The van der Waals surface area contributed by atoms with Crippen LogP contribution in [-0.4, -0.2) is 43.3 Å². The molecule has 8 nitrogen and oxygen atoms in total. The van der Waals surface area contributed by atoms with Crippen molar-refractivity contribution in [2.75, 3.05) is 18.8 Å². The van der Waals surface area contributed by atoms with Crippen molar-refractivity contribution in [2.45, 2.75) is 32.2 Å². The fourth-order valence-electron chi connectivity index (χ4n) is 4.33. The van der Waals surface area contributed by atoms with E-state index >= 15 is 0 Å². The molecule has 0 radical (unpaired) electrons. The van der Waals surface area contributed by atoms with Gasteiger partial charge in [-0.25, -0.2) is 10.1 Å². The Balaban J connectivity index is 1.28. The van der Waals surface area contributed by atoms with Crippen LogP contribution < -0.4 is 11.1 Å². The molecule has 0 saturated carbocycles. The van der Waals surface area contributed by atoms with Gasteiger partial charge in [0, 0.05) is 12.6 Å². The first-order valence-electron chi connectivity index (χ1n) is 10.5. The van der Waals surface area contributed by atoms with Crippen LogP contribution in [0, 0.1) is 5.92 Å². The molecule has 4 heterocycles. The minimum absolute atomic E-state index is 0.460. The Morgan fingerprint density at radius 2 is 1.97 bits per heavy atom. The van der Waals surface area contributed by atoms with Crippen molar-refractivity contribution in [2.24, 2.45) is 5.92 Å². The Hall–Kier alpha value is -3.26. The molecule has 1 aromatic carbocycles. The molecule has 1 saturated heterocycles. The van der Waals surface area contributed by atoms with Gasteiger partial charge in [0.25, 0.3) is 0 Å². The lowest BCUT2D eigenvalue weighted by atomic mass is 9.90. The van der Waals surface area contributed by atoms with E-state index in [2.05, 4.69) is 61.3 Å². The SMILES string of the molecule is Nc1cc(Cc2cnn(Cc3cccc(CC4CCNCC4)c3)c2)c2nn[nH]c2n1. The normalized spacial score (nSPS) is 15.1. The van der Waals surface area contributed by atoms with Gasteiger partial charge < -0.3 is 11.1 Å². The number of pyridine rings is 1. The Morgan fingerprint density at radius 1 is 1.10 bits per heavy atom. The summed E-state index contributed by atoms with van der Waals surface area (Å²) < 4.78 is 1.99. The number of aromatic nitrogens is 6. The van der Waals surface area contributed by atoms with E-state index in [4.69, 9.17) is 5.73 Å². The molecule has 3 aromatic heterocycles. The van der Waals surface area contributed by atoms with Crippen LogP contribution in [0.25, 0.3) is 11.2 Å². The first-order chi connectivity index (χ1) is 14.7. The quantitative estimate of drug-likeness (QED) is 0.456. The monoisotopic (exact) mass is 402 g/mol. The summed E-state index contributed by atoms with van der Waals surface area (Å²) in [6.07, 6.45) is 8.38. The smallest absolute Gasteiger partial charge is 0.178 e. The zero-order valence-corrected chi connectivity index (χ0v) is 16.9. The van der Waals surface area contributed by atoms with Crippen molar-refractivity contribution in [3.8, 4) is 0 Å². The van der Waals surface area contributed by atoms with Crippen molar-refractivity contribution in [1.82, 2.24) is 35.5 Å². The third-order valence-corrected chi connectivity index (χ3v) is 5.80. The molecular weight excluding hydrogens is 376 g/mol. The maximum Gasteiger partial charge on any atom is 0.178 e. The number of hydrogen-bond acceptors (Lipinski definition) is 6. The van der Waals surface area contributed by atoms with Gasteiger partial charge in [0.15, 0.2) is 5.65 Å². The number of piperidine rings is 1. The van der Waals surface area contributed by atoms with Crippen molar-refractivity contribution in [3.05, 3.63) is 65.0 Å². The predicted molar refractivity (Wildman–Crippen MR) is 116 cm³/mol. The third-order valence-electron chi connectivity index (χ3n) is 5.80. The third kappa shape index (κ3) is 4.18. The van der Waals surface area contributed by atoms with E-state index < -0.39 is 0 Å². The minimum Gasteiger partial charge on any atom is -0.384 e. The van der Waals surface area contributed by atoms with Crippen LogP contribution in [-0.2, 0) is 19.4 Å². The summed E-state index contributed by atoms with van der Waals surface area (Å²) in [7, 11) is 0. The summed E-state index contributed by atoms with van der Waals surface area (Å²) in [6.45, 7) is 3.05. The van der Waals surface area contributed by atoms with Crippen LogP contribution in [0.1, 0.15) is 35.1 Å². The fourth-order valence-corrected chi connectivity index (χ4v) is 4.33. The molecule has 154 valence electrons. The molecular formula is C22H26N8. The van der Waals surface area contributed by atoms with Crippen molar-refractivity contribution in [1.29, 1.82) is 0 Å². The van der Waals surface area contributed by atoms with Crippen LogP contribution in [0.2, 0.25) is 0 Å². The van der Waals surface area contributed by atoms with E-state index in [1.54, 1.807) is 0 Å². The predicted octanol–water partition coefficient (Wildman–Crippen LogP) is 2.31. The van der Waals surface area contributed by atoms with Crippen molar-refractivity contribution < 1.29 is 0 Å². The summed E-state index contributed by atoms with van der Waals surface area (Å²) in [4.78, 5) is 4.22. The lowest BCUT2D eigenvalue weighted by Gasteiger charge is -2.22. The Labute approximate surface area is 174 Å². The van der Waals surface area contributed by atoms with Gasteiger partial charge >= 0.3 is 0 Å². The number of benzene rings is 1. The van der Waals surface area contributed by atoms with Crippen molar-refractivity contribution in [3.63, 3.8) is 0 Å². The number of nitrogen functional groups attached to an aromatic ring is 1. The molecule has 8 heteroatoms. The van der Waals surface area contributed by atoms with Crippen LogP contribution >= 0.6 is 0 Å². The van der Waals surface area contributed by atoms with E-state index in [1.807, 2.05) is 16.9 Å². The standard InChI is InChI=1S/C22H26N8/c23-20-11-19(21-22(26-20)28-29-27-21)10-18-12-25-30(14-18)13-17-3-1-2-16(9-17)8-15-4-6-24-7-5-15/h1-3,9,11-12,14-15,24H,4-8,10,13H2,(H3,23,26,27,28,29). The summed E-state index contributed by atoms with van der Waals surface area (Å²) in [5.74, 6) is 1.25. The number of anilines is 1. The maximum atomic E-state index is 5.92. The van der Waals surface area contributed by atoms with Crippen molar-refractivity contribution >= 4 is 17.0 Å². The minimum atomic E-state index is 0.460. The lowest BCUT2D eigenvalue weighted by molar-refractivity contribution is 0.372. The van der Waals surface area contributed by atoms with Crippen LogP contribution in [0.15, 0.2) is 42.7 Å². The van der Waals surface area contributed by atoms with E-state index in [0.717, 1.165) is 48.6 Å². The maximum absolute atomic E-state index is 5.92. The zero-order valence-electron chi connectivity index (χ0n) is 16.9. The molecule has 0 amide bonds. The molecule has 30 heavy (non-hydrogen) atoms.